The predicted molar refractivity (Wildman–Crippen MR) is 157 cm³/mol. The number of ether oxygens (including phenoxy) is 1. The average molecular weight is 623 g/mol. The molecule has 2 saturated heterocycles. The van der Waals surface area contributed by atoms with Crippen LogP contribution in [0.15, 0.2) is 53.4 Å². The van der Waals surface area contributed by atoms with Crippen molar-refractivity contribution >= 4 is 15.9 Å². The molecule has 3 fully saturated rings. The number of rotatable bonds is 8. The van der Waals surface area contributed by atoms with Gasteiger partial charge >= 0.3 is 6.18 Å². The van der Waals surface area contributed by atoms with Gasteiger partial charge in [-0.25, -0.2) is 8.42 Å². The highest BCUT2D eigenvalue weighted by molar-refractivity contribution is 7.89. The highest BCUT2D eigenvalue weighted by atomic mass is 32.2. The molecule has 2 aromatic rings. The number of benzene rings is 2. The van der Waals surface area contributed by atoms with Gasteiger partial charge in [-0.3, -0.25) is 9.69 Å². The van der Waals surface area contributed by atoms with Gasteiger partial charge < -0.3 is 15.4 Å². The molecule has 0 aromatic heterocycles. The van der Waals surface area contributed by atoms with Crippen LogP contribution in [0.3, 0.4) is 0 Å². The maximum absolute atomic E-state index is 13.9. The van der Waals surface area contributed by atoms with E-state index in [1.165, 1.54) is 47.8 Å². The first-order valence-electron chi connectivity index (χ1n) is 15.2. The Morgan fingerprint density at radius 1 is 0.884 bits per heavy atom. The Morgan fingerprint density at radius 2 is 1.53 bits per heavy atom. The van der Waals surface area contributed by atoms with Crippen LogP contribution in [0.2, 0.25) is 0 Å². The van der Waals surface area contributed by atoms with Crippen molar-refractivity contribution in [2.24, 2.45) is 11.7 Å². The number of halogens is 3. The van der Waals surface area contributed by atoms with Crippen LogP contribution in [0.4, 0.5) is 13.2 Å². The van der Waals surface area contributed by atoms with Crippen LogP contribution >= 0.6 is 0 Å². The zero-order chi connectivity index (χ0) is 30.6. The van der Waals surface area contributed by atoms with Gasteiger partial charge in [-0.1, -0.05) is 31.4 Å². The van der Waals surface area contributed by atoms with Gasteiger partial charge in [-0.05, 0) is 73.6 Å². The molecule has 0 unspecified atom stereocenters. The lowest BCUT2D eigenvalue weighted by Crippen LogP contribution is -2.61. The third-order valence-electron chi connectivity index (χ3n) is 8.88. The van der Waals surface area contributed by atoms with Crippen LogP contribution in [-0.2, 0) is 27.5 Å². The number of alkyl halides is 3. The lowest BCUT2D eigenvalue weighted by Gasteiger charge is -2.42. The maximum Gasteiger partial charge on any atom is 0.416 e. The third kappa shape index (κ3) is 7.89. The average Bonchev–Trinajstić information content (AvgIpc) is 3.00. The quantitative estimate of drug-likeness (QED) is 0.466. The summed E-state index contributed by atoms with van der Waals surface area (Å²) in [7, 11) is -4.02. The second-order valence-corrected chi connectivity index (χ2v) is 13.9. The van der Waals surface area contributed by atoms with E-state index in [9.17, 15) is 26.4 Å². The summed E-state index contributed by atoms with van der Waals surface area (Å²) in [5, 5.41) is 0. The number of nitrogens with zero attached hydrogens (tertiary/aromatic N) is 3. The number of hydrogen-bond acceptors (Lipinski definition) is 6. The molecule has 2 aromatic carbocycles. The summed E-state index contributed by atoms with van der Waals surface area (Å²) < 4.78 is 74.1. The standard InChI is InChI=1S/C31H41F3N4O4S/c32-31(33,34)25-8-6-23(7-9-25)20-36-18-19-38(29(21-36)30(39)37-16-14-26(35)15-17-37)43(40,41)28-12-10-27(11-13-28)42-22-24-4-2-1-3-5-24/h6-13,24,26,29H,1-5,14-22,35H2/t29-/m1/s1. The molecule has 2 aliphatic heterocycles. The lowest BCUT2D eigenvalue weighted by atomic mass is 9.90. The predicted octanol–water partition coefficient (Wildman–Crippen LogP) is 4.49. The monoisotopic (exact) mass is 622 g/mol. The Balaban J connectivity index is 1.31. The fraction of sp³-hybridized carbons (Fsp3) is 0.581. The van der Waals surface area contributed by atoms with Crippen molar-refractivity contribution < 1.29 is 31.1 Å². The van der Waals surface area contributed by atoms with Gasteiger partial charge in [-0.15, -0.1) is 0 Å². The van der Waals surface area contributed by atoms with Crippen LogP contribution < -0.4 is 10.5 Å². The molecule has 43 heavy (non-hydrogen) atoms. The van der Waals surface area contributed by atoms with Gasteiger partial charge in [-0.2, -0.15) is 17.5 Å². The SMILES string of the molecule is NC1CCN(C(=O)[C@H]2CN(Cc3ccc(C(F)(F)F)cc3)CCN2S(=O)(=O)c2ccc(OCC3CCCCC3)cc2)CC1. The number of amides is 1. The molecule has 1 atom stereocenters. The lowest BCUT2D eigenvalue weighted by molar-refractivity contribution is -0.138. The minimum atomic E-state index is -4.42. The molecular weight excluding hydrogens is 581 g/mol. The van der Waals surface area contributed by atoms with Crippen molar-refractivity contribution in [1.29, 1.82) is 0 Å². The number of carbonyl (C=O) groups is 1. The fourth-order valence-electron chi connectivity index (χ4n) is 6.25. The van der Waals surface area contributed by atoms with Crippen LogP contribution in [0.25, 0.3) is 0 Å². The van der Waals surface area contributed by atoms with Gasteiger partial charge in [0.2, 0.25) is 15.9 Å². The molecule has 3 aliphatic rings. The maximum atomic E-state index is 13.9. The smallest absolute Gasteiger partial charge is 0.416 e. The Bertz CT molecular complexity index is 1320. The Morgan fingerprint density at radius 3 is 2.16 bits per heavy atom. The number of piperidine rings is 1. The molecule has 0 bridgehead atoms. The van der Waals surface area contributed by atoms with Crippen molar-refractivity contribution in [1.82, 2.24) is 14.1 Å². The molecule has 1 saturated carbocycles. The van der Waals surface area contributed by atoms with E-state index in [4.69, 9.17) is 10.5 Å². The van der Waals surface area contributed by atoms with E-state index in [0.717, 1.165) is 25.0 Å². The van der Waals surface area contributed by atoms with Gasteiger partial charge in [0.25, 0.3) is 0 Å². The summed E-state index contributed by atoms with van der Waals surface area (Å²) in [6, 6.07) is 10.4. The first-order chi connectivity index (χ1) is 20.5. The molecule has 12 heteroatoms. The van der Waals surface area contributed by atoms with Crippen LogP contribution in [0.5, 0.6) is 5.75 Å². The largest absolute Gasteiger partial charge is 0.493 e. The molecule has 1 aliphatic carbocycles. The van der Waals surface area contributed by atoms with Crippen molar-refractivity contribution in [2.45, 2.75) is 74.6 Å². The highest BCUT2D eigenvalue weighted by Crippen LogP contribution is 2.30. The molecule has 8 nitrogen and oxygen atoms in total. The number of carbonyl (C=O) groups excluding carboxylic acids is 1. The number of nitrogens with two attached hydrogens (primary N) is 1. The van der Waals surface area contributed by atoms with Gasteiger partial charge in [0.05, 0.1) is 17.1 Å². The normalized spacial score (nSPS) is 22.0. The molecular formula is C31H41F3N4O4S. The Hall–Kier alpha value is -2.67. The fourth-order valence-corrected chi connectivity index (χ4v) is 7.82. The van der Waals surface area contributed by atoms with E-state index < -0.39 is 27.8 Å². The topological polar surface area (TPSA) is 96.2 Å². The number of sulfonamides is 1. The van der Waals surface area contributed by atoms with E-state index in [1.807, 2.05) is 4.90 Å². The first kappa shape index (κ1) is 31.7. The molecule has 0 spiro atoms. The summed E-state index contributed by atoms with van der Waals surface area (Å²) >= 11 is 0. The van der Waals surface area contributed by atoms with E-state index in [1.54, 1.807) is 17.0 Å². The molecule has 236 valence electrons. The zero-order valence-corrected chi connectivity index (χ0v) is 25.2. The molecule has 5 rings (SSSR count). The number of hydrogen-bond donors (Lipinski definition) is 1. The molecule has 2 N–H and O–H groups in total. The summed E-state index contributed by atoms with van der Waals surface area (Å²) in [5.74, 6) is 0.857. The molecule has 0 radical (unpaired) electrons. The Labute approximate surface area is 252 Å². The minimum Gasteiger partial charge on any atom is -0.493 e. The van der Waals surface area contributed by atoms with Gasteiger partial charge in [0, 0.05) is 45.3 Å². The highest BCUT2D eigenvalue weighted by Gasteiger charge is 2.42. The summed E-state index contributed by atoms with van der Waals surface area (Å²) in [6.07, 6.45) is 2.85. The molecule has 2 heterocycles. The minimum absolute atomic E-state index is 0.00487. The van der Waals surface area contributed by atoms with Gasteiger partial charge in [0.1, 0.15) is 11.8 Å². The van der Waals surface area contributed by atoms with Crippen LogP contribution in [-0.4, -0.2) is 79.8 Å². The zero-order valence-electron chi connectivity index (χ0n) is 24.3. The van der Waals surface area contributed by atoms with E-state index in [2.05, 4.69) is 0 Å². The second kappa shape index (κ2) is 13.5. The summed E-state index contributed by atoms with van der Waals surface area (Å²) in [6.45, 7) is 2.36. The number of likely N-dealkylation sites (tertiary alicyclic amines) is 1. The van der Waals surface area contributed by atoms with Crippen LogP contribution in [0, 0.1) is 5.92 Å². The third-order valence-corrected chi connectivity index (χ3v) is 10.8. The number of piperazine rings is 1. The van der Waals surface area contributed by atoms with Crippen molar-refractivity contribution in [2.75, 3.05) is 39.3 Å². The Kier molecular flexibility index (Phi) is 10.00. The second-order valence-electron chi connectivity index (χ2n) is 12.0. The molecule has 1 amide bonds. The van der Waals surface area contributed by atoms with Crippen LogP contribution in [0.1, 0.15) is 56.1 Å². The van der Waals surface area contributed by atoms with Gasteiger partial charge in [0.15, 0.2) is 0 Å². The summed E-state index contributed by atoms with van der Waals surface area (Å²) in [5.41, 5.74) is 5.96. The first-order valence-corrected chi connectivity index (χ1v) is 16.6. The van der Waals surface area contributed by atoms with E-state index in [-0.39, 0.29) is 29.9 Å². The van der Waals surface area contributed by atoms with Crippen molar-refractivity contribution in [3.05, 3.63) is 59.7 Å². The van der Waals surface area contributed by atoms with Crippen molar-refractivity contribution in [3.8, 4) is 5.75 Å². The van der Waals surface area contributed by atoms with E-state index >= 15 is 0 Å². The van der Waals surface area contributed by atoms with Crippen molar-refractivity contribution in [3.63, 3.8) is 0 Å². The van der Waals surface area contributed by atoms with E-state index in [0.29, 0.717) is 62.9 Å². The summed E-state index contributed by atoms with van der Waals surface area (Å²) in [4.78, 5) is 17.5.